The van der Waals surface area contributed by atoms with E-state index in [9.17, 15) is 14.9 Å². The zero-order chi connectivity index (χ0) is 22.2. The highest BCUT2D eigenvalue weighted by Crippen LogP contribution is 2.63. The van der Waals surface area contributed by atoms with Gasteiger partial charge in [0.15, 0.2) is 0 Å². The quantitative estimate of drug-likeness (QED) is 0.729. The molecule has 1 heterocycles. The summed E-state index contributed by atoms with van der Waals surface area (Å²) in [4.78, 5) is 24.0. The van der Waals surface area contributed by atoms with E-state index in [0.29, 0.717) is 30.2 Å². The number of nitrogens with two attached hydrogens (primary N) is 1. The first kappa shape index (κ1) is 20.5. The van der Waals surface area contributed by atoms with Gasteiger partial charge >= 0.3 is 0 Å². The van der Waals surface area contributed by atoms with Crippen molar-refractivity contribution in [3.63, 3.8) is 0 Å². The van der Waals surface area contributed by atoms with Gasteiger partial charge in [0.1, 0.15) is 17.9 Å². The van der Waals surface area contributed by atoms with Crippen molar-refractivity contribution in [1.82, 2.24) is 0 Å². The standard InChI is InChI=1S/C25H25N3O4/c26-13-16-10-15(4-5-21(16)32-18-6-8-31-9-7-18)14-2-1-3-17(11-14)28-25(30)23-19-12-20(23)22(19)24(27)29/h1-5,10-11,18-20,22-23H,6-9,12H2,(H2,27,29)(H,28,30). The van der Waals surface area contributed by atoms with Crippen molar-refractivity contribution in [3.8, 4) is 22.9 Å². The summed E-state index contributed by atoms with van der Waals surface area (Å²) >= 11 is 0. The summed E-state index contributed by atoms with van der Waals surface area (Å²) in [6, 6.07) is 15.3. The Kier molecular flexibility index (Phi) is 5.32. The number of nitriles is 1. The monoisotopic (exact) mass is 431 g/mol. The zero-order valence-corrected chi connectivity index (χ0v) is 17.6. The second-order valence-electron chi connectivity index (χ2n) is 8.84. The van der Waals surface area contributed by atoms with Gasteiger partial charge in [-0.25, -0.2) is 0 Å². The van der Waals surface area contributed by atoms with E-state index >= 15 is 0 Å². The number of hydrogen-bond donors (Lipinski definition) is 2. The van der Waals surface area contributed by atoms with Crippen LogP contribution in [-0.4, -0.2) is 31.1 Å². The highest BCUT2D eigenvalue weighted by Gasteiger charge is 2.66. The molecule has 3 aliphatic carbocycles. The SMILES string of the molecule is N#Cc1cc(-c2cccc(NC(=O)C3C4CC3C4C(N)=O)c2)ccc1OC1CCOCC1. The van der Waals surface area contributed by atoms with Crippen molar-refractivity contribution in [2.24, 2.45) is 29.4 Å². The van der Waals surface area contributed by atoms with Crippen LogP contribution in [0.15, 0.2) is 42.5 Å². The molecule has 0 spiro atoms. The molecule has 164 valence electrons. The second kappa shape index (κ2) is 8.29. The number of carbonyl (C=O) groups excluding carboxylic acids is 2. The first-order valence-electron chi connectivity index (χ1n) is 11.0. The maximum Gasteiger partial charge on any atom is 0.228 e. The van der Waals surface area contributed by atoms with Crippen LogP contribution in [0.1, 0.15) is 24.8 Å². The number of rotatable bonds is 6. The normalized spacial score (nSPS) is 26.2. The molecule has 2 bridgehead atoms. The van der Waals surface area contributed by atoms with E-state index in [-0.39, 0.29) is 41.6 Å². The summed E-state index contributed by atoms with van der Waals surface area (Å²) in [7, 11) is 0. The fourth-order valence-corrected chi connectivity index (χ4v) is 5.13. The lowest BCUT2D eigenvalue weighted by Crippen LogP contribution is -2.67. The summed E-state index contributed by atoms with van der Waals surface area (Å²) in [5, 5.41) is 12.6. The van der Waals surface area contributed by atoms with E-state index in [1.165, 1.54) is 0 Å². The average Bonchev–Trinajstić information content (AvgIpc) is 2.72. The third-order valence-corrected chi connectivity index (χ3v) is 7.05. The molecule has 7 heteroatoms. The smallest absolute Gasteiger partial charge is 0.228 e. The molecule has 4 fully saturated rings. The van der Waals surface area contributed by atoms with Crippen molar-refractivity contribution in [2.45, 2.75) is 25.4 Å². The van der Waals surface area contributed by atoms with Crippen LogP contribution < -0.4 is 15.8 Å². The lowest BCUT2D eigenvalue weighted by Gasteiger charge is -2.62. The lowest BCUT2D eigenvalue weighted by molar-refractivity contribution is -0.182. The molecule has 2 amide bonds. The summed E-state index contributed by atoms with van der Waals surface area (Å²) in [5.41, 5.74) is 8.34. The number of nitrogens with one attached hydrogen (secondary N) is 1. The third-order valence-electron chi connectivity index (χ3n) is 7.05. The van der Waals surface area contributed by atoms with Crippen LogP contribution in [0.4, 0.5) is 5.69 Å². The van der Waals surface area contributed by atoms with Crippen LogP contribution in [0, 0.1) is 35.0 Å². The molecule has 0 radical (unpaired) electrons. The average molecular weight is 431 g/mol. The van der Waals surface area contributed by atoms with Crippen LogP contribution in [0.3, 0.4) is 0 Å². The first-order chi connectivity index (χ1) is 15.5. The molecule has 0 aromatic heterocycles. The minimum atomic E-state index is -0.296. The molecule has 1 aliphatic heterocycles. The Labute approximate surface area is 186 Å². The predicted molar refractivity (Wildman–Crippen MR) is 117 cm³/mol. The summed E-state index contributed by atoms with van der Waals surface area (Å²) in [6.45, 7) is 1.35. The largest absolute Gasteiger partial charge is 0.489 e. The van der Waals surface area contributed by atoms with Crippen LogP contribution in [-0.2, 0) is 14.3 Å². The van der Waals surface area contributed by atoms with Gasteiger partial charge in [0, 0.05) is 30.4 Å². The molecule has 6 rings (SSSR count). The van der Waals surface area contributed by atoms with Crippen molar-refractivity contribution >= 4 is 17.5 Å². The maximum absolute atomic E-state index is 12.7. The molecule has 2 unspecified atom stereocenters. The predicted octanol–water partition coefficient (Wildman–Crippen LogP) is 3.09. The van der Waals surface area contributed by atoms with Gasteiger partial charge < -0.3 is 20.5 Å². The van der Waals surface area contributed by atoms with Gasteiger partial charge in [-0.05, 0) is 53.6 Å². The molecule has 2 atom stereocenters. The fourth-order valence-electron chi connectivity index (χ4n) is 5.13. The van der Waals surface area contributed by atoms with Crippen LogP contribution in [0.25, 0.3) is 11.1 Å². The molecule has 2 aromatic rings. The maximum atomic E-state index is 12.7. The van der Waals surface area contributed by atoms with Crippen LogP contribution in [0.2, 0.25) is 0 Å². The summed E-state index contributed by atoms with van der Waals surface area (Å²) < 4.78 is 11.4. The van der Waals surface area contributed by atoms with E-state index in [2.05, 4.69) is 11.4 Å². The Morgan fingerprint density at radius 2 is 1.81 bits per heavy atom. The molecule has 3 N–H and O–H groups in total. The van der Waals surface area contributed by atoms with E-state index in [0.717, 1.165) is 30.4 Å². The molecule has 7 nitrogen and oxygen atoms in total. The molecule has 3 saturated carbocycles. The summed E-state index contributed by atoms with van der Waals surface area (Å²) in [6.07, 6.45) is 2.60. The molecule has 2 aromatic carbocycles. The molecule has 4 aliphatic rings. The van der Waals surface area contributed by atoms with Gasteiger partial charge in [0.05, 0.1) is 18.8 Å². The van der Waals surface area contributed by atoms with E-state index in [1.807, 2.05) is 42.5 Å². The highest BCUT2D eigenvalue weighted by atomic mass is 16.5. The number of benzene rings is 2. The molecule has 1 saturated heterocycles. The van der Waals surface area contributed by atoms with Crippen molar-refractivity contribution < 1.29 is 19.1 Å². The van der Waals surface area contributed by atoms with Gasteiger partial charge in [0.2, 0.25) is 11.8 Å². The van der Waals surface area contributed by atoms with Gasteiger partial charge in [0.25, 0.3) is 0 Å². The lowest BCUT2D eigenvalue weighted by atomic mass is 9.40. The van der Waals surface area contributed by atoms with Crippen LogP contribution >= 0.6 is 0 Å². The number of amides is 2. The fraction of sp³-hybridized carbons (Fsp3) is 0.400. The van der Waals surface area contributed by atoms with Gasteiger partial charge in [-0.15, -0.1) is 0 Å². The van der Waals surface area contributed by atoms with Gasteiger partial charge in [-0.1, -0.05) is 18.2 Å². The Bertz CT molecular complexity index is 1090. The zero-order valence-electron chi connectivity index (χ0n) is 17.6. The van der Waals surface area contributed by atoms with E-state index < -0.39 is 0 Å². The van der Waals surface area contributed by atoms with Crippen LogP contribution in [0.5, 0.6) is 5.75 Å². The molecule has 32 heavy (non-hydrogen) atoms. The van der Waals surface area contributed by atoms with E-state index in [4.69, 9.17) is 15.2 Å². The Morgan fingerprint density at radius 1 is 1.06 bits per heavy atom. The highest BCUT2D eigenvalue weighted by molar-refractivity contribution is 5.97. The first-order valence-corrected chi connectivity index (χ1v) is 11.0. The Hall–Kier alpha value is -3.37. The number of anilines is 1. The topological polar surface area (TPSA) is 114 Å². The molecular formula is C25H25N3O4. The van der Waals surface area contributed by atoms with Crippen molar-refractivity contribution in [1.29, 1.82) is 5.26 Å². The molecular weight excluding hydrogens is 406 g/mol. The van der Waals surface area contributed by atoms with Gasteiger partial charge in [-0.2, -0.15) is 5.26 Å². The number of ether oxygens (including phenoxy) is 2. The van der Waals surface area contributed by atoms with E-state index in [1.54, 1.807) is 0 Å². The second-order valence-corrected chi connectivity index (χ2v) is 8.84. The third kappa shape index (κ3) is 3.61. The summed E-state index contributed by atoms with van der Waals surface area (Å²) in [5.74, 6) is 0.144. The minimum absolute atomic E-state index is 0.0566. The number of hydrogen-bond acceptors (Lipinski definition) is 5. The number of nitrogens with zero attached hydrogens (tertiary/aromatic N) is 1. The van der Waals surface area contributed by atoms with Crippen molar-refractivity contribution in [2.75, 3.05) is 18.5 Å². The number of primary amides is 1. The Balaban J connectivity index is 1.28. The van der Waals surface area contributed by atoms with Crippen molar-refractivity contribution in [3.05, 3.63) is 48.0 Å². The Morgan fingerprint density at radius 3 is 2.50 bits per heavy atom. The number of carbonyl (C=O) groups is 2. The van der Waals surface area contributed by atoms with Gasteiger partial charge in [-0.3, -0.25) is 9.59 Å². The minimum Gasteiger partial charge on any atom is -0.489 e.